The van der Waals surface area contributed by atoms with Gasteiger partial charge in [0.05, 0.1) is 0 Å². The number of carbonyl (C=O) groups is 1. The van der Waals surface area contributed by atoms with Gasteiger partial charge in [-0.15, -0.1) is 0 Å². The summed E-state index contributed by atoms with van der Waals surface area (Å²) in [6, 6.07) is 0. The highest BCUT2D eigenvalue weighted by atomic mass is 32.1. The van der Waals surface area contributed by atoms with Gasteiger partial charge in [-0.3, -0.25) is 0 Å². The van der Waals surface area contributed by atoms with Crippen LogP contribution in [0.4, 0.5) is 4.79 Å². The van der Waals surface area contributed by atoms with E-state index in [0.29, 0.717) is 0 Å². The molecule has 0 aromatic carbocycles. The predicted octanol–water partition coefficient (Wildman–Crippen LogP) is 1.27. The van der Waals surface area contributed by atoms with Crippen molar-refractivity contribution in [3.8, 4) is 0 Å². The van der Waals surface area contributed by atoms with Gasteiger partial charge in [0.15, 0.2) is 0 Å². The molecule has 0 aliphatic rings. The molecule has 0 atom stereocenters. The topological polar surface area (TPSA) is 26.3 Å². The first-order valence-electron chi connectivity index (χ1n) is 1.26. The molecule has 0 spiro atoms. The summed E-state index contributed by atoms with van der Waals surface area (Å²) in [5, 5.41) is -0.736. The highest BCUT2D eigenvalue weighted by molar-refractivity contribution is 8.10. The zero-order valence-electron chi connectivity index (χ0n) is 3.12. The van der Waals surface area contributed by atoms with Crippen molar-refractivity contribution >= 4 is 47.2 Å². The molecule has 2 nitrogen and oxygen atoms in total. The normalized spacial score (nSPS) is 7.71. The van der Waals surface area contributed by atoms with Gasteiger partial charge in [-0.05, 0) is 12.2 Å². The highest BCUT2D eigenvalue weighted by Crippen LogP contribution is 1.91. The van der Waals surface area contributed by atoms with Crippen LogP contribution in [-0.4, -0.2) is 9.68 Å². The van der Waals surface area contributed by atoms with Crippen molar-refractivity contribution < 1.29 is 9.53 Å². The molecule has 0 fully saturated rings. The van der Waals surface area contributed by atoms with Crippen LogP contribution in [0.5, 0.6) is 0 Å². The maximum Gasteiger partial charge on any atom is 0.370 e. The summed E-state index contributed by atoms with van der Waals surface area (Å²) in [6.45, 7) is 0. The van der Waals surface area contributed by atoms with E-state index in [1.165, 1.54) is 0 Å². The quantitative estimate of drug-likeness (QED) is 0.312. The summed E-state index contributed by atoms with van der Waals surface area (Å²) in [6.07, 6.45) is 0. The van der Waals surface area contributed by atoms with Crippen LogP contribution in [0.2, 0.25) is 0 Å². The number of hydrogen-bond donors (Lipinski definition) is 2. The molecule has 0 N–H and O–H groups in total. The average molecular weight is 154 g/mol. The molecule has 0 rings (SSSR count). The summed E-state index contributed by atoms with van der Waals surface area (Å²) in [5.74, 6) is 0. The first-order chi connectivity index (χ1) is 3.13. The summed E-state index contributed by atoms with van der Waals surface area (Å²) >= 11 is 11.0. The summed E-state index contributed by atoms with van der Waals surface area (Å²) in [4.78, 5) is 9.76. The monoisotopic (exact) mass is 154 g/mol. The van der Waals surface area contributed by atoms with E-state index in [9.17, 15) is 4.79 Å². The van der Waals surface area contributed by atoms with Gasteiger partial charge in [-0.1, -0.05) is 25.3 Å². The van der Waals surface area contributed by atoms with Gasteiger partial charge in [0.1, 0.15) is 0 Å². The van der Waals surface area contributed by atoms with E-state index in [1.54, 1.807) is 0 Å². The second-order valence-corrected chi connectivity index (χ2v) is 2.08. The van der Waals surface area contributed by atoms with E-state index in [-0.39, 0.29) is 4.38 Å². The lowest BCUT2D eigenvalue weighted by atomic mass is 11.5. The van der Waals surface area contributed by atoms with E-state index in [2.05, 4.69) is 42.2 Å². The molecule has 0 bridgehead atoms. The zero-order chi connectivity index (χ0) is 5.86. The number of thiol groups is 2. The lowest BCUT2D eigenvalue weighted by molar-refractivity contribution is 0.227. The van der Waals surface area contributed by atoms with Crippen LogP contribution < -0.4 is 0 Å². The Labute approximate surface area is 57.0 Å². The first kappa shape index (κ1) is 7.26. The van der Waals surface area contributed by atoms with E-state index >= 15 is 0 Å². The fraction of sp³-hybridized carbons (Fsp3) is 0. The van der Waals surface area contributed by atoms with Gasteiger partial charge in [0.2, 0.25) is 4.38 Å². The molecule has 0 aliphatic heterocycles. The molecule has 0 unspecified atom stereocenters. The Morgan fingerprint density at radius 3 is 2.00 bits per heavy atom. The summed E-state index contributed by atoms with van der Waals surface area (Å²) in [5.41, 5.74) is 0. The maximum absolute atomic E-state index is 9.76. The SMILES string of the molecule is O=C(S)OC(=S)S. The second-order valence-electron chi connectivity index (χ2n) is 0.634. The molecule has 0 radical (unpaired) electrons. The molecule has 0 aromatic rings. The number of hydrogen-bond acceptors (Lipinski definition) is 3. The fourth-order valence-corrected chi connectivity index (χ4v) is 0.458. The van der Waals surface area contributed by atoms with Crippen molar-refractivity contribution in [1.29, 1.82) is 0 Å². The number of thiocarbonyl (C=S) groups is 1. The van der Waals surface area contributed by atoms with Crippen molar-refractivity contribution in [1.82, 2.24) is 0 Å². The lowest BCUT2D eigenvalue weighted by Gasteiger charge is -1.89. The van der Waals surface area contributed by atoms with Gasteiger partial charge in [-0.25, -0.2) is 4.79 Å². The Bertz CT molecular complexity index is 87.1. The van der Waals surface area contributed by atoms with Gasteiger partial charge in [0.25, 0.3) is 0 Å². The minimum Gasteiger partial charge on any atom is -0.401 e. The maximum atomic E-state index is 9.76. The summed E-state index contributed by atoms with van der Waals surface area (Å²) in [7, 11) is 0. The lowest BCUT2D eigenvalue weighted by Crippen LogP contribution is -1.94. The third-order valence-corrected chi connectivity index (χ3v) is 0.441. The van der Waals surface area contributed by atoms with Crippen molar-refractivity contribution in [2.75, 3.05) is 0 Å². The standard InChI is InChI=1S/C2H2O2S3/c3-1(5)4-2(6)7/h(H,3,5)(H,6,7). The molecule has 0 amide bonds. The molecular formula is C2H2O2S3. The van der Waals surface area contributed by atoms with Crippen LogP contribution in [0.15, 0.2) is 0 Å². The average Bonchev–Trinajstić information content (AvgIpc) is 1.27. The van der Waals surface area contributed by atoms with Crippen molar-refractivity contribution in [3.63, 3.8) is 0 Å². The van der Waals surface area contributed by atoms with Gasteiger partial charge in [0, 0.05) is 0 Å². The molecule has 5 heteroatoms. The van der Waals surface area contributed by atoms with Crippen LogP contribution in [0.1, 0.15) is 0 Å². The molecule has 0 saturated heterocycles. The van der Waals surface area contributed by atoms with Crippen molar-refractivity contribution in [2.24, 2.45) is 0 Å². The van der Waals surface area contributed by atoms with Crippen LogP contribution in [0, 0.1) is 0 Å². The third kappa shape index (κ3) is 6.26. The third-order valence-electron chi connectivity index (χ3n) is 0.175. The smallest absolute Gasteiger partial charge is 0.370 e. The molecular weight excluding hydrogens is 152 g/mol. The number of carbonyl (C=O) groups excluding carboxylic acids is 1. The minimum absolute atomic E-state index is 0.111. The fourth-order valence-electron chi connectivity index (χ4n) is 0.0747. The Hall–Kier alpha value is 0.260. The van der Waals surface area contributed by atoms with Gasteiger partial charge in [-0.2, -0.15) is 0 Å². The van der Waals surface area contributed by atoms with E-state index in [1.807, 2.05) is 0 Å². The molecule has 40 valence electrons. The number of rotatable bonds is 0. The van der Waals surface area contributed by atoms with Gasteiger partial charge >= 0.3 is 5.30 Å². The summed E-state index contributed by atoms with van der Waals surface area (Å²) < 4.78 is 3.96. The Balaban J connectivity index is 3.32. The van der Waals surface area contributed by atoms with Crippen LogP contribution in [0.3, 0.4) is 0 Å². The Kier molecular flexibility index (Phi) is 3.41. The predicted molar refractivity (Wildman–Crippen MR) is 37.1 cm³/mol. The second kappa shape index (κ2) is 3.29. The van der Waals surface area contributed by atoms with Crippen molar-refractivity contribution in [3.05, 3.63) is 0 Å². The van der Waals surface area contributed by atoms with E-state index < -0.39 is 5.30 Å². The Morgan fingerprint density at radius 1 is 1.57 bits per heavy atom. The van der Waals surface area contributed by atoms with Crippen LogP contribution in [0.25, 0.3) is 0 Å². The van der Waals surface area contributed by atoms with Gasteiger partial charge < -0.3 is 4.74 Å². The molecule has 0 aliphatic carbocycles. The van der Waals surface area contributed by atoms with E-state index in [0.717, 1.165) is 0 Å². The zero-order valence-corrected chi connectivity index (χ0v) is 5.72. The molecule has 0 heterocycles. The largest absolute Gasteiger partial charge is 0.401 e. The van der Waals surface area contributed by atoms with E-state index in [4.69, 9.17) is 0 Å². The molecule has 0 aromatic heterocycles. The first-order valence-corrected chi connectivity index (χ1v) is 2.57. The van der Waals surface area contributed by atoms with Crippen molar-refractivity contribution in [2.45, 2.75) is 0 Å². The van der Waals surface area contributed by atoms with Crippen LogP contribution >= 0.6 is 37.5 Å². The Morgan fingerprint density at radius 2 is 2.00 bits per heavy atom. The molecule has 7 heavy (non-hydrogen) atoms. The molecule has 0 saturated carbocycles. The highest BCUT2D eigenvalue weighted by Gasteiger charge is 1.92. The minimum atomic E-state index is -0.736. The van der Waals surface area contributed by atoms with Crippen LogP contribution in [-0.2, 0) is 4.74 Å². The number of ether oxygens (including phenoxy) is 1.